The number of pyridine rings is 1. The zero-order valence-corrected chi connectivity index (χ0v) is 19.6. The number of aryl methyl sites for hydroxylation is 1. The Morgan fingerprint density at radius 2 is 1.94 bits per heavy atom. The molecule has 0 saturated carbocycles. The number of hydrogen-bond acceptors (Lipinski definition) is 4. The average Bonchev–Trinajstić information content (AvgIpc) is 2.77. The van der Waals surface area contributed by atoms with Crippen molar-refractivity contribution in [3.05, 3.63) is 69.0 Å². The number of aliphatic hydroxyl groups is 1. The number of fused-ring (bicyclic) bond motifs is 1. The molecule has 0 aliphatic carbocycles. The van der Waals surface area contributed by atoms with Crippen molar-refractivity contribution in [2.75, 3.05) is 25.2 Å². The van der Waals surface area contributed by atoms with Crippen LogP contribution in [0.25, 0.3) is 10.9 Å². The zero-order valence-electron chi connectivity index (χ0n) is 18.9. The first-order valence-corrected chi connectivity index (χ1v) is 11.1. The first kappa shape index (κ1) is 23.8. The van der Waals surface area contributed by atoms with Gasteiger partial charge >= 0.3 is 0 Å². The van der Waals surface area contributed by atoms with Gasteiger partial charge in [0.15, 0.2) is 0 Å². The first-order valence-electron chi connectivity index (χ1n) is 10.8. The second-order valence-electron chi connectivity index (χ2n) is 7.97. The van der Waals surface area contributed by atoms with Crippen LogP contribution in [0.5, 0.6) is 5.75 Å². The molecule has 2 aromatic carbocycles. The Labute approximate surface area is 193 Å². The Morgan fingerprint density at radius 3 is 2.59 bits per heavy atom. The van der Waals surface area contributed by atoms with Gasteiger partial charge < -0.3 is 19.3 Å². The molecule has 0 aliphatic heterocycles. The maximum Gasteiger partial charge on any atom is 0.261 e. The number of nitrogens with zero attached hydrogens (tertiary/aromatic N) is 2. The van der Waals surface area contributed by atoms with Crippen LogP contribution < -0.4 is 15.2 Å². The Kier molecular flexibility index (Phi) is 7.59. The van der Waals surface area contributed by atoms with Gasteiger partial charge in [-0.2, -0.15) is 0 Å². The standard InChI is InChI=1S/C25H29ClN2O4/c1-5-28-22-10-8-18(14-21(22)20(16(2)3)15-24(28)30)27(4)25(31)19-9-7-17(26)13-23(19)32-12-6-11-29/h7-10,13-16,29H,5-6,11-12H2,1-4H3. The molecule has 1 aromatic heterocycles. The fraction of sp³-hybridized carbons (Fsp3) is 0.360. The van der Waals surface area contributed by atoms with Crippen LogP contribution in [0.4, 0.5) is 5.69 Å². The fourth-order valence-corrected chi connectivity index (χ4v) is 3.91. The minimum Gasteiger partial charge on any atom is -0.493 e. The minimum absolute atomic E-state index is 0.00184. The van der Waals surface area contributed by atoms with Crippen molar-refractivity contribution in [2.45, 2.75) is 39.7 Å². The second-order valence-corrected chi connectivity index (χ2v) is 8.41. The molecule has 0 spiro atoms. The molecule has 0 radical (unpaired) electrons. The van der Waals surface area contributed by atoms with Gasteiger partial charge in [0, 0.05) is 48.8 Å². The van der Waals surface area contributed by atoms with Crippen LogP contribution >= 0.6 is 11.6 Å². The molecule has 3 rings (SSSR count). The highest BCUT2D eigenvalue weighted by molar-refractivity contribution is 6.31. The van der Waals surface area contributed by atoms with Crippen LogP contribution in [0.1, 0.15) is 49.0 Å². The van der Waals surface area contributed by atoms with E-state index in [4.69, 9.17) is 21.4 Å². The lowest BCUT2D eigenvalue weighted by Crippen LogP contribution is -2.27. The van der Waals surface area contributed by atoms with Crippen LogP contribution in [0.2, 0.25) is 5.02 Å². The molecule has 7 heteroatoms. The topological polar surface area (TPSA) is 71.8 Å². The highest BCUT2D eigenvalue weighted by Crippen LogP contribution is 2.30. The Morgan fingerprint density at radius 1 is 1.19 bits per heavy atom. The number of ether oxygens (including phenoxy) is 1. The molecule has 1 N–H and O–H groups in total. The van der Waals surface area contributed by atoms with E-state index in [2.05, 4.69) is 13.8 Å². The van der Waals surface area contributed by atoms with E-state index in [1.807, 2.05) is 25.1 Å². The lowest BCUT2D eigenvalue weighted by molar-refractivity contribution is 0.0989. The molecular formula is C25H29ClN2O4. The molecule has 170 valence electrons. The number of aliphatic hydroxyl groups excluding tert-OH is 1. The largest absolute Gasteiger partial charge is 0.493 e. The predicted octanol–water partition coefficient (Wildman–Crippen LogP) is 4.84. The number of amides is 1. The third-order valence-electron chi connectivity index (χ3n) is 5.49. The molecule has 0 bridgehead atoms. The van der Waals surface area contributed by atoms with Gasteiger partial charge in [0.1, 0.15) is 5.75 Å². The van der Waals surface area contributed by atoms with Crippen molar-refractivity contribution in [3.8, 4) is 5.75 Å². The minimum atomic E-state index is -0.241. The third-order valence-corrected chi connectivity index (χ3v) is 5.73. The molecule has 32 heavy (non-hydrogen) atoms. The summed E-state index contributed by atoms with van der Waals surface area (Å²) in [5.74, 6) is 0.303. The van der Waals surface area contributed by atoms with Gasteiger partial charge in [-0.05, 0) is 54.8 Å². The molecule has 0 fully saturated rings. The summed E-state index contributed by atoms with van der Waals surface area (Å²) < 4.78 is 7.44. The summed E-state index contributed by atoms with van der Waals surface area (Å²) in [5.41, 5.74) is 2.89. The fourth-order valence-electron chi connectivity index (χ4n) is 3.75. The molecule has 0 saturated heterocycles. The van der Waals surface area contributed by atoms with E-state index in [-0.39, 0.29) is 30.6 Å². The Bertz CT molecular complexity index is 1190. The van der Waals surface area contributed by atoms with Gasteiger partial charge in [-0.3, -0.25) is 9.59 Å². The van der Waals surface area contributed by atoms with Gasteiger partial charge in [0.05, 0.1) is 17.7 Å². The van der Waals surface area contributed by atoms with E-state index in [1.165, 1.54) is 0 Å². The van der Waals surface area contributed by atoms with Gasteiger partial charge in [-0.25, -0.2) is 0 Å². The summed E-state index contributed by atoms with van der Waals surface area (Å²) >= 11 is 6.10. The van der Waals surface area contributed by atoms with E-state index in [1.54, 1.807) is 40.8 Å². The van der Waals surface area contributed by atoms with Crippen molar-refractivity contribution in [1.29, 1.82) is 0 Å². The van der Waals surface area contributed by atoms with Gasteiger partial charge in [0.25, 0.3) is 11.5 Å². The molecule has 3 aromatic rings. The van der Waals surface area contributed by atoms with Crippen molar-refractivity contribution in [1.82, 2.24) is 4.57 Å². The SMILES string of the molecule is CCn1c(=O)cc(C(C)C)c2cc(N(C)C(=O)c3ccc(Cl)cc3OCCCO)ccc21. The molecule has 0 atom stereocenters. The van der Waals surface area contributed by atoms with Crippen molar-refractivity contribution in [3.63, 3.8) is 0 Å². The van der Waals surface area contributed by atoms with E-state index in [9.17, 15) is 9.59 Å². The lowest BCUT2D eigenvalue weighted by Gasteiger charge is -2.22. The summed E-state index contributed by atoms with van der Waals surface area (Å²) in [7, 11) is 1.71. The lowest BCUT2D eigenvalue weighted by atomic mass is 9.98. The van der Waals surface area contributed by atoms with Gasteiger partial charge in [-0.15, -0.1) is 0 Å². The maximum absolute atomic E-state index is 13.3. The molecule has 1 amide bonds. The van der Waals surface area contributed by atoms with Gasteiger partial charge in [0.2, 0.25) is 0 Å². The smallest absolute Gasteiger partial charge is 0.261 e. The number of aromatic nitrogens is 1. The maximum atomic E-state index is 13.3. The second kappa shape index (κ2) is 10.2. The summed E-state index contributed by atoms with van der Waals surface area (Å²) in [5, 5.41) is 10.4. The van der Waals surface area contributed by atoms with Crippen LogP contribution in [0.15, 0.2) is 47.3 Å². The van der Waals surface area contributed by atoms with Crippen molar-refractivity contribution >= 4 is 34.1 Å². The van der Waals surface area contributed by atoms with E-state index >= 15 is 0 Å². The number of anilines is 1. The molecule has 1 heterocycles. The van der Waals surface area contributed by atoms with Crippen LogP contribution in [-0.2, 0) is 6.54 Å². The van der Waals surface area contributed by atoms with Crippen molar-refractivity contribution in [2.24, 2.45) is 0 Å². The van der Waals surface area contributed by atoms with Gasteiger partial charge in [-0.1, -0.05) is 25.4 Å². The summed E-state index contributed by atoms with van der Waals surface area (Å²) in [4.78, 5) is 27.4. The predicted molar refractivity (Wildman–Crippen MR) is 129 cm³/mol. The quantitative estimate of drug-likeness (QED) is 0.492. The molecule has 0 unspecified atom stereocenters. The normalized spacial score (nSPS) is 11.2. The molecule has 6 nitrogen and oxygen atoms in total. The van der Waals surface area contributed by atoms with Crippen LogP contribution in [0.3, 0.4) is 0 Å². The number of halogens is 1. The summed E-state index contributed by atoms with van der Waals surface area (Å²) in [6.45, 7) is 6.90. The number of carbonyl (C=O) groups excluding carboxylic acids is 1. The molecular weight excluding hydrogens is 428 g/mol. The Balaban J connectivity index is 2.04. The number of carbonyl (C=O) groups is 1. The third kappa shape index (κ3) is 4.81. The first-order chi connectivity index (χ1) is 15.3. The van der Waals surface area contributed by atoms with Crippen LogP contribution in [-0.4, -0.2) is 35.8 Å². The van der Waals surface area contributed by atoms with Crippen molar-refractivity contribution < 1.29 is 14.6 Å². The number of hydrogen-bond donors (Lipinski definition) is 1. The monoisotopic (exact) mass is 456 g/mol. The average molecular weight is 457 g/mol. The zero-order chi connectivity index (χ0) is 23.4. The van der Waals surface area contributed by atoms with E-state index in [0.717, 1.165) is 16.5 Å². The number of benzene rings is 2. The summed E-state index contributed by atoms with van der Waals surface area (Å²) in [6, 6.07) is 12.3. The van der Waals surface area contributed by atoms with Crippen LogP contribution in [0, 0.1) is 0 Å². The molecule has 0 aliphatic rings. The highest BCUT2D eigenvalue weighted by atomic mass is 35.5. The van der Waals surface area contributed by atoms with E-state index in [0.29, 0.717) is 35.0 Å². The van der Waals surface area contributed by atoms with E-state index < -0.39 is 0 Å². The Hall–Kier alpha value is -2.83. The number of rotatable bonds is 8. The highest BCUT2D eigenvalue weighted by Gasteiger charge is 2.20. The summed E-state index contributed by atoms with van der Waals surface area (Å²) in [6.07, 6.45) is 0.456.